The fraction of sp³-hybridized carbons (Fsp3) is 0.769. The number of carbonyl (C=O) groups excluding carboxylic acids is 3. The fourth-order valence-corrected chi connectivity index (χ4v) is 6.60. The van der Waals surface area contributed by atoms with Crippen LogP contribution in [0.2, 0.25) is 0 Å². The van der Waals surface area contributed by atoms with Crippen molar-refractivity contribution in [2.45, 2.75) is 195 Å². The number of hydrogen-bond donors (Lipinski definition) is 1. The van der Waals surface area contributed by atoms with Gasteiger partial charge in [-0.25, -0.2) is 0 Å². The first-order valence-corrected chi connectivity index (χ1v) is 18.7. The van der Waals surface area contributed by atoms with Crippen LogP contribution >= 0.6 is 11.6 Å². The van der Waals surface area contributed by atoms with Gasteiger partial charge in [0.1, 0.15) is 0 Å². The van der Waals surface area contributed by atoms with E-state index in [2.05, 4.69) is 20.8 Å². The minimum absolute atomic E-state index is 0. The molecule has 0 amide bonds. The van der Waals surface area contributed by atoms with Gasteiger partial charge in [-0.15, -0.1) is 11.6 Å². The lowest BCUT2D eigenvalue weighted by Gasteiger charge is -2.22. The summed E-state index contributed by atoms with van der Waals surface area (Å²) in [5.74, 6) is 0.131. The third-order valence-electron chi connectivity index (χ3n) is 9.18. The van der Waals surface area contributed by atoms with Gasteiger partial charge in [0, 0.05) is 41.8 Å². The van der Waals surface area contributed by atoms with Crippen molar-refractivity contribution in [1.29, 1.82) is 0 Å². The second-order valence-corrected chi connectivity index (χ2v) is 13.1. The first kappa shape index (κ1) is 42.5. The molecule has 1 aromatic carbocycles. The molecule has 0 heterocycles. The van der Waals surface area contributed by atoms with Crippen LogP contribution in [0.15, 0.2) is 0 Å². The molecule has 254 valence electrons. The third kappa shape index (κ3) is 15.7. The van der Waals surface area contributed by atoms with Crippen molar-refractivity contribution < 1.29 is 14.4 Å². The normalized spacial score (nSPS) is 11.0. The number of carbonyl (C=O) groups is 3. The molecular formula is C39H68ClNO3. The molecule has 0 spiro atoms. The molecule has 1 aromatic rings. The predicted octanol–water partition coefficient (Wildman–Crippen LogP) is 13.2. The van der Waals surface area contributed by atoms with Crippen LogP contribution in [0, 0.1) is 13.8 Å². The Kier molecular flexibility index (Phi) is 25.8. The minimum atomic E-state index is -0.0474. The predicted molar refractivity (Wildman–Crippen MR) is 191 cm³/mol. The van der Waals surface area contributed by atoms with Crippen molar-refractivity contribution in [3.63, 3.8) is 0 Å². The topological polar surface area (TPSA) is 86.2 Å². The van der Waals surface area contributed by atoms with Crippen LogP contribution in [0.4, 0.5) is 0 Å². The van der Waals surface area contributed by atoms with Crippen LogP contribution in [-0.4, -0.2) is 17.3 Å². The highest BCUT2D eigenvalue weighted by molar-refractivity contribution is 6.21. The number of ketones is 3. The number of rotatable bonds is 28. The lowest BCUT2D eigenvalue weighted by molar-refractivity contribution is 0.0931. The maximum absolute atomic E-state index is 14.0. The van der Waals surface area contributed by atoms with Crippen LogP contribution in [0.3, 0.4) is 0 Å². The number of benzene rings is 1. The van der Waals surface area contributed by atoms with E-state index in [0.29, 0.717) is 36.0 Å². The van der Waals surface area contributed by atoms with Gasteiger partial charge in [-0.1, -0.05) is 136 Å². The number of hydrogen-bond acceptors (Lipinski definition) is 4. The van der Waals surface area contributed by atoms with Crippen LogP contribution in [0.1, 0.15) is 223 Å². The number of halogens is 1. The van der Waals surface area contributed by atoms with Gasteiger partial charge in [0.15, 0.2) is 17.3 Å². The van der Waals surface area contributed by atoms with Crippen molar-refractivity contribution in [2.75, 3.05) is 0 Å². The van der Waals surface area contributed by atoms with Gasteiger partial charge >= 0.3 is 0 Å². The molecule has 0 radical (unpaired) electrons. The van der Waals surface area contributed by atoms with Crippen LogP contribution in [-0.2, 0) is 5.88 Å². The highest BCUT2D eigenvalue weighted by Gasteiger charge is 2.30. The Morgan fingerprint density at radius 2 is 0.727 bits per heavy atom. The van der Waals surface area contributed by atoms with E-state index in [-0.39, 0.29) is 29.4 Å². The molecule has 4 nitrogen and oxygen atoms in total. The van der Waals surface area contributed by atoms with E-state index in [9.17, 15) is 14.4 Å². The van der Waals surface area contributed by atoms with E-state index in [4.69, 9.17) is 11.6 Å². The Labute approximate surface area is 276 Å². The lowest BCUT2D eigenvalue weighted by Crippen LogP contribution is -2.21. The SMILES string of the molecule is CCCCCCCCCC(=O)c1c(C)c(C)c(CCl)c(C(=O)CCCCCCCCC)c1C(=O)CCCCCCCCC.N. The molecule has 0 aliphatic rings. The summed E-state index contributed by atoms with van der Waals surface area (Å²) in [5.41, 5.74) is 3.84. The van der Waals surface area contributed by atoms with Crippen molar-refractivity contribution in [3.05, 3.63) is 33.4 Å². The fourth-order valence-electron chi connectivity index (χ4n) is 6.27. The average molecular weight is 634 g/mol. The van der Waals surface area contributed by atoms with Crippen molar-refractivity contribution in [1.82, 2.24) is 6.15 Å². The molecule has 0 bridgehead atoms. The average Bonchev–Trinajstić information content (AvgIpc) is 3.00. The van der Waals surface area contributed by atoms with Gasteiger partial charge < -0.3 is 6.15 Å². The molecular weight excluding hydrogens is 566 g/mol. The van der Waals surface area contributed by atoms with Crippen molar-refractivity contribution in [3.8, 4) is 0 Å². The van der Waals surface area contributed by atoms with Gasteiger partial charge in [-0.3, -0.25) is 14.4 Å². The van der Waals surface area contributed by atoms with Crippen molar-refractivity contribution >= 4 is 29.0 Å². The summed E-state index contributed by atoms with van der Waals surface area (Å²) in [7, 11) is 0. The molecule has 0 fully saturated rings. The second kappa shape index (κ2) is 26.7. The van der Waals surface area contributed by atoms with E-state index in [1.807, 2.05) is 13.8 Å². The molecule has 0 aromatic heterocycles. The summed E-state index contributed by atoms with van der Waals surface area (Å²) in [6, 6.07) is 0. The van der Waals surface area contributed by atoms with E-state index in [1.54, 1.807) is 0 Å². The molecule has 0 saturated carbocycles. The molecule has 0 aliphatic heterocycles. The number of Topliss-reactive ketones (excluding diaryl/α,β-unsaturated/α-hetero) is 3. The Morgan fingerprint density at radius 3 is 1.07 bits per heavy atom. The van der Waals surface area contributed by atoms with E-state index in [0.717, 1.165) is 74.5 Å². The number of unbranched alkanes of at least 4 members (excludes halogenated alkanes) is 18. The summed E-state index contributed by atoms with van der Waals surface area (Å²) < 4.78 is 0. The van der Waals surface area contributed by atoms with Gasteiger partial charge in [-0.05, 0) is 49.8 Å². The van der Waals surface area contributed by atoms with E-state index in [1.165, 1.54) is 77.0 Å². The van der Waals surface area contributed by atoms with Gasteiger partial charge in [0.25, 0.3) is 0 Å². The maximum Gasteiger partial charge on any atom is 0.164 e. The second-order valence-electron chi connectivity index (χ2n) is 12.9. The third-order valence-corrected chi connectivity index (χ3v) is 9.45. The summed E-state index contributed by atoms with van der Waals surface area (Å²) in [4.78, 5) is 41.6. The van der Waals surface area contributed by atoms with Gasteiger partial charge in [0.05, 0.1) is 0 Å². The maximum atomic E-state index is 14.0. The quantitative estimate of drug-likeness (QED) is 0.0565. The van der Waals surface area contributed by atoms with E-state index < -0.39 is 0 Å². The molecule has 3 N–H and O–H groups in total. The highest BCUT2D eigenvalue weighted by Crippen LogP contribution is 2.33. The lowest BCUT2D eigenvalue weighted by atomic mass is 9.80. The van der Waals surface area contributed by atoms with E-state index >= 15 is 0 Å². The summed E-state index contributed by atoms with van der Waals surface area (Å²) in [6.45, 7) is 10.6. The number of alkyl halides is 1. The highest BCUT2D eigenvalue weighted by atomic mass is 35.5. The summed E-state index contributed by atoms with van der Waals surface area (Å²) >= 11 is 6.49. The Bertz CT molecular complexity index is 955. The Hall–Kier alpha value is -1.52. The Morgan fingerprint density at radius 1 is 0.432 bits per heavy atom. The summed E-state index contributed by atoms with van der Waals surface area (Å²) in [6.07, 6.45) is 24.9. The standard InChI is InChI=1S/C39H65ClO3.H3N/c1-6-9-12-15-18-21-24-27-34(41)37-32(5)31(4)33(30-40)38(35(42)28-25-22-19-16-13-10-7-2)39(37)36(43)29-26-23-20-17-14-11-8-3;/h6-30H2,1-5H3;1H3. The molecule has 0 atom stereocenters. The van der Waals surface area contributed by atoms with Crippen molar-refractivity contribution in [2.24, 2.45) is 0 Å². The van der Waals surface area contributed by atoms with Crippen LogP contribution in [0.25, 0.3) is 0 Å². The molecule has 0 saturated heterocycles. The first-order chi connectivity index (χ1) is 20.8. The first-order valence-electron chi connectivity index (χ1n) is 18.2. The van der Waals surface area contributed by atoms with Gasteiger partial charge in [0.2, 0.25) is 0 Å². The zero-order chi connectivity index (χ0) is 31.9. The molecule has 5 heteroatoms. The summed E-state index contributed by atoms with van der Waals surface area (Å²) in [5, 5.41) is 0. The zero-order valence-corrected chi connectivity index (χ0v) is 30.2. The zero-order valence-electron chi connectivity index (χ0n) is 29.5. The molecule has 1 rings (SSSR count). The molecule has 0 aliphatic carbocycles. The Balaban J connectivity index is 0.0000185. The van der Waals surface area contributed by atoms with Crippen LogP contribution < -0.4 is 6.15 Å². The molecule has 44 heavy (non-hydrogen) atoms. The monoisotopic (exact) mass is 633 g/mol. The smallest absolute Gasteiger partial charge is 0.164 e. The van der Waals surface area contributed by atoms with Crippen LogP contribution in [0.5, 0.6) is 0 Å². The van der Waals surface area contributed by atoms with Gasteiger partial charge in [-0.2, -0.15) is 0 Å². The largest absolute Gasteiger partial charge is 0.344 e. The molecule has 0 unspecified atom stereocenters. The minimum Gasteiger partial charge on any atom is -0.344 e.